The van der Waals surface area contributed by atoms with Crippen molar-refractivity contribution in [3.05, 3.63) is 29.8 Å². The van der Waals surface area contributed by atoms with Gasteiger partial charge in [-0.1, -0.05) is 12.1 Å². The topological polar surface area (TPSA) is 41.7 Å². The summed E-state index contributed by atoms with van der Waals surface area (Å²) in [6.45, 7) is 11.7. The third-order valence-electron chi connectivity index (χ3n) is 3.84. The van der Waals surface area contributed by atoms with Crippen molar-refractivity contribution in [2.75, 3.05) is 39.3 Å². The molecule has 1 fully saturated rings. The Morgan fingerprint density at radius 1 is 1.05 bits per heavy atom. The van der Waals surface area contributed by atoms with Crippen LogP contribution in [0.1, 0.15) is 25.8 Å². The number of ether oxygens (including phenoxy) is 1. The fraction of sp³-hybridized carbons (Fsp3) is 0.647. The second-order valence-electron chi connectivity index (χ2n) is 6.07. The molecular weight excluding hydrogens is 262 g/mol. The van der Waals surface area contributed by atoms with Gasteiger partial charge >= 0.3 is 0 Å². The molecule has 2 rings (SSSR count). The molecule has 0 atom stereocenters. The third kappa shape index (κ3) is 5.65. The average molecular weight is 291 g/mol. The number of rotatable bonds is 7. The first kappa shape index (κ1) is 16.3. The lowest BCUT2D eigenvalue weighted by molar-refractivity contribution is 0.126. The molecule has 1 aliphatic rings. The Morgan fingerprint density at radius 3 is 2.24 bits per heavy atom. The predicted molar refractivity (Wildman–Crippen MR) is 87.6 cm³/mol. The zero-order chi connectivity index (χ0) is 15.1. The molecule has 2 N–H and O–H groups in total. The minimum absolute atomic E-state index is 0.234. The average Bonchev–Trinajstić information content (AvgIpc) is 2.48. The summed E-state index contributed by atoms with van der Waals surface area (Å²) in [5, 5.41) is 0. The first-order chi connectivity index (χ1) is 10.2. The zero-order valence-electron chi connectivity index (χ0n) is 13.4. The molecule has 0 unspecified atom stereocenters. The molecule has 0 aliphatic carbocycles. The molecule has 0 aromatic heterocycles. The predicted octanol–water partition coefficient (Wildman–Crippen LogP) is 1.94. The van der Waals surface area contributed by atoms with Gasteiger partial charge in [-0.25, -0.2) is 0 Å². The highest BCUT2D eigenvalue weighted by Gasteiger charge is 2.16. The van der Waals surface area contributed by atoms with E-state index in [1.807, 2.05) is 0 Å². The van der Waals surface area contributed by atoms with Crippen molar-refractivity contribution in [2.24, 2.45) is 5.73 Å². The zero-order valence-corrected chi connectivity index (χ0v) is 13.4. The summed E-state index contributed by atoms with van der Waals surface area (Å²) in [5.74, 6) is 0.959. The molecule has 0 bridgehead atoms. The van der Waals surface area contributed by atoms with Gasteiger partial charge in [0, 0.05) is 32.7 Å². The van der Waals surface area contributed by atoms with Gasteiger partial charge in [0.05, 0.1) is 6.10 Å². The van der Waals surface area contributed by atoms with Crippen LogP contribution in [0.5, 0.6) is 5.75 Å². The summed E-state index contributed by atoms with van der Waals surface area (Å²) < 4.78 is 5.68. The van der Waals surface area contributed by atoms with E-state index in [1.165, 1.54) is 5.56 Å². The maximum absolute atomic E-state index is 5.68. The molecule has 4 heteroatoms. The van der Waals surface area contributed by atoms with E-state index in [0.29, 0.717) is 0 Å². The van der Waals surface area contributed by atoms with Crippen LogP contribution < -0.4 is 10.5 Å². The van der Waals surface area contributed by atoms with Gasteiger partial charge < -0.3 is 15.4 Å². The second kappa shape index (κ2) is 8.37. The minimum atomic E-state index is 0.234. The van der Waals surface area contributed by atoms with E-state index < -0.39 is 0 Å². The van der Waals surface area contributed by atoms with Crippen molar-refractivity contribution in [2.45, 2.75) is 32.9 Å². The van der Waals surface area contributed by atoms with Crippen molar-refractivity contribution in [1.82, 2.24) is 9.80 Å². The molecule has 4 nitrogen and oxygen atoms in total. The molecular formula is C17H29N3O. The van der Waals surface area contributed by atoms with E-state index in [1.54, 1.807) is 0 Å². The second-order valence-corrected chi connectivity index (χ2v) is 6.07. The van der Waals surface area contributed by atoms with Crippen LogP contribution in [0, 0.1) is 0 Å². The van der Waals surface area contributed by atoms with E-state index in [9.17, 15) is 0 Å². The number of nitrogens with two attached hydrogens (primary N) is 1. The van der Waals surface area contributed by atoms with Crippen molar-refractivity contribution in [1.29, 1.82) is 0 Å². The van der Waals surface area contributed by atoms with Gasteiger partial charge in [-0.3, -0.25) is 4.90 Å². The lowest BCUT2D eigenvalue weighted by atomic mass is 10.2. The van der Waals surface area contributed by atoms with Gasteiger partial charge in [-0.2, -0.15) is 0 Å². The van der Waals surface area contributed by atoms with Crippen LogP contribution in [0.15, 0.2) is 24.3 Å². The van der Waals surface area contributed by atoms with Crippen LogP contribution in [0.4, 0.5) is 0 Å². The Hall–Kier alpha value is -1.10. The van der Waals surface area contributed by atoms with Gasteiger partial charge in [0.25, 0.3) is 0 Å². The molecule has 1 saturated heterocycles. The summed E-state index contributed by atoms with van der Waals surface area (Å²) in [7, 11) is 0. The van der Waals surface area contributed by atoms with E-state index >= 15 is 0 Å². The van der Waals surface area contributed by atoms with Crippen LogP contribution in [-0.2, 0) is 6.54 Å². The molecule has 1 heterocycles. The molecule has 1 aromatic carbocycles. The van der Waals surface area contributed by atoms with E-state index in [2.05, 4.69) is 47.9 Å². The molecule has 0 spiro atoms. The largest absolute Gasteiger partial charge is 0.491 e. The quantitative estimate of drug-likeness (QED) is 0.833. The molecule has 1 aliphatic heterocycles. The first-order valence-corrected chi connectivity index (χ1v) is 8.08. The number of piperazine rings is 1. The Balaban J connectivity index is 1.75. The number of benzene rings is 1. The number of nitrogens with zero attached hydrogens (tertiary/aromatic N) is 2. The fourth-order valence-corrected chi connectivity index (χ4v) is 2.69. The highest BCUT2D eigenvalue weighted by Crippen LogP contribution is 2.16. The van der Waals surface area contributed by atoms with Gasteiger partial charge in [-0.15, -0.1) is 0 Å². The lowest BCUT2D eigenvalue weighted by Gasteiger charge is -2.34. The van der Waals surface area contributed by atoms with Crippen LogP contribution >= 0.6 is 0 Å². The van der Waals surface area contributed by atoms with Crippen molar-refractivity contribution >= 4 is 0 Å². The highest BCUT2D eigenvalue weighted by molar-refractivity contribution is 5.27. The Kier molecular flexibility index (Phi) is 6.49. The fourth-order valence-electron chi connectivity index (χ4n) is 2.69. The highest BCUT2D eigenvalue weighted by atomic mass is 16.5. The Labute approximate surface area is 128 Å². The summed E-state index contributed by atoms with van der Waals surface area (Å²) in [6.07, 6.45) is 1.34. The summed E-state index contributed by atoms with van der Waals surface area (Å²) in [6, 6.07) is 8.51. The van der Waals surface area contributed by atoms with E-state index in [0.717, 1.165) is 58.0 Å². The normalized spacial score (nSPS) is 17.3. The van der Waals surface area contributed by atoms with Crippen molar-refractivity contribution in [3.63, 3.8) is 0 Å². The van der Waals surface area contributed by atoms with Crippen LogP contribution in [0.2, 0.25) is 0 Å². The Morgan fingerprint density at radius 2 is 1.67 bits per heavy atom. The molecule has 0 radical (unpaired) electrons. The first-order valence-electron chi connectivity index (χ1n) is 8.08. The van der Waals surface area contributed by atoms with Gasteiger partial charge in [0.1, 0.15) is 5.75 Å². The molecule has 0 saturated carbocycles. The van der Waals surface area contributed by atoms with E-state index in [4.69, 9.17) is 10.5 Å². The van der Waals surface area contributed by atoms with Gasteiger partial charge in [-0.05, 0) is 51.1 Å². The maximum Gasteiger partial charge on any atom is 0.119 e. The minimum Gasteiger partial charge on any atom is -0.491 e. The maximum atomic E-state index is 5.68. The standard InChI is InChI=1S/C17H29N3O/c1-15(2)21-17-6-4-16(5-7-17)14-20-12-10-19(11-13-20)9-3-8-18/h4-7,15H,3,8-14,18H2,1-2H3. The molecule has 118 valence electrons. The van der Waals surface area contributed by atoms with Gasteiger partial charge in [0.15, 0.2) is 0 Å². The van der Waals surface area contributed by atoms with Crippen LogP contribution in [0.3, 0.4) is 0 Å². The molecule has 21 heavy (non-hydrogen) atoms. The Bertz CT molecular complexity index is 397. The van der Waals surface area contributed by atoms with Crippen molar-refractivity contribution in [3.8, 4) is 5.75 Å². The monoisotopic (exact) mass is 291 g/mol. The number of hydrogen-bond acceptors (Lipinski definition) is 4. The number of hydrogen-bond donors (Lipinski definition) is 1. The molecule has 0 amide bonds. The third-order valence-corrected chi connectivity index (χ3v) is 3.84. The summed E-state index contributed by atoms with van der Waals surface area (Å²) in [5.41, 5.74) is 6.93. The summed E-state index contributed by atoms with van der Waals surface area (Å²) >= 11 is 0. The smallest absolute Gasteiger partial charge is 0.119 e. The van der Waals surface area contributed by atoms with E-state index in [-0.39, 0.29) is 6.10 Å². The lowest BCUT2D eigenvalue weighted by Crippen LogP contribution is -2.46. The van der Waals surface area contributed by atoms with Crippen LogP contribution in [0.25, 0.3) is 0 Å². The van der Waals surface area contributed by atoms with Crippen molar-refractivity contribution < 1.29 is 4.74 Å². The SMILES string of the molecule is CC(C)Oc1ccc(CN2CCN(CCCN)CC2)cc1. The van der Waals surface area contributed by atoms with Gasteiger partial charge in [0.2, 0.25) is 0 Å². The van der Waals surface area contributed by atoms with Crippen LogP contribution in [-0.4, -0.2) is 55.2 Å². The summed E-state index contributed by atoms with van der Waals surface area (Å²) in [4.78, 5) is 5.04. The molecule has 1 aromatic rings.